The van der Waals surface area contributed by atoms with Crippen LogP contribution in [0.25, 0.3) is 11.3 Å². The van der Waals surface area contributed by atoms with Gasteiger partial charge < -0.3 is 9.47 Å². The van der Waals surface area contributed by atoms with Crippen LogP contribution in [0.5, 0.6) is 11.5 Å². The molecule has 4 nitrogen and oxygen atoms in total. The van der Waals surface area contributed by atoms with Crippen LogP contribution in [-0.4, -0.2) is 24.2 Å². The van der Waals surface area contributed by atoms with E-state index in [0.29, 0.717) is 22.5 Å². The van der Waals surface area contributed by atoms with Gasteiger partial charge in [0.1, 0.15) is 22.5 Å². The monoisotopic (exact) mass is 278 g/mol. The fraction of sp³-hybridized carbons (Fsp3) is 0.286. The minimum absolute atomic E-state index is 0.440. The number of ether oxygens (including phenoxy) is 2. The Morgan fingerprint density at radius 2 is 1.58 bits per heavy atom. The Labute approximate surface area is 117 Å². The second-order valence-corrected chi connectivity index (χ2v) is 4.43. The fourth-order valence-corrected chi connectivity index (χ4v) is 2.13. The van der Waals surface area contributed by atoms with Gasteiger partial charge in [-0.1, -0.05) is 17.7 Å². The number of nitrogens with zero attached hydrogens (tertiary/aromatic N) is 2. The predicted octanol–water partition coefficient (Wildman–Crippen LogP) is 3.43. The Morgan fingerprint density at radius 3 is 2.11 bits per heavy atom. The number of benzene rings is 1. The molecule has 2 aromatic rings. The lowest BCUT2D eigenvalue weighted by molar-refractivity contribution is 0.397. The topological polar surface area (TPSA) is 44.2 Å². The third kappa shape index (κ3) is 2.49. The highest BCUT2D eigenvalue weighted by Crippen LogP contribution is 2.39. The van der Waals surface area contributed by atoms with Crippen LogP contribution in [0.4, 0.5) is 0 Å². The van der Waals surface area contributed by atoms with Crippen molar-refractivity contribution in [3.63, 3.8) is 0 Å². The Hall–Kier alpha value is -1.81. The summed E-state index contributed by atoms with van der Waals surface area (Å²) in [6.45, 7) is 3.68. The number of aryl methyl sites for hydroxylation is 1. The molecule has 0 aliphatic carbocycles. The Balaban J connectivity index is 2.77. The van der Waals surface area contributed by atoms with Crippen LogP contribution in [-0.2, 0) is 0 Å². The minimum atomic E-state index is 0.440. The summed E-state index contributed by atoms with van der Waals surface area (Å²) < 4.78 is 10.8. The first kappa shape index (κ1) is 13.6. The Kier molecular flexibility index (Phi) is 3.90. The lowest BCUT2D eigenvalue weighted by Crippen LogP contribution is -2.00. The third-order valence-electron chi connectivity index (χ3n) is 2.86. The van der Waals surface area contributed by atoms with Gasteiger partial charge in [0.25, 0.3) is 0 Å². The molecule has 1 aromatic heterocycles. The van der Waals surface area contributed by atoms with Crippen LogP contribution in [0.1, 0.15) is 11.4 Å². The van der Waals surface area contributed by atoms with E-state index in [0.717, 1.165) is 16.8 Å². The number of rotatable bonds is 3. The molecule has 0 saturated heterocycles. The van der Waals surface area contributed by atoms with Gasteiger partial charge in [-0.15, -0.1) is 0 Å². The lowest BCUT2D eigenvalue weighted by Gasteiger charge is -2.15. The second kappa shape index (κ2) is 5.45. The largest absolute Gasteiger partial charge is 0.496 e. The van der Waals surface area contributed by atoms with Gasteiger partial charge in [0, 0.05) is 5.56 Å². The van der Waals surface area contributed by atoms with E-state index in [2.05, 4.69) is 9.97 Å². The van der Waals surface area contributed by atoms with Crippen molar-refractivity contribution < 1.29 is 9.47 Å². The van der Waals surface area contributed by atoms with E-state index in [1.807, 2.05) is 25.1 Å². The normalized spacial score (nSPS) is 10.4. The van der Waals surface area contributed by atoms with Gasteiger partial charge in [-0.3, -0.25) is 0 Å². The van der Waals surface area contributed by atoms with Crippen molar-refractivity contribution in [2.24, 2.45) is 0 Å². The minimum Gasteiger partial charge on any atom is -0.496 e. The maximum atomic E-state index is 6.13. The van der Waals surface area contributed by atoms with E-state index in [1.165, 1.54) is 0 Å². The van der Waals surface area contributed by atoms with Gasteiger partial charge in [0.15, 0.2) is 0 Å². The first-order valence-electron chi connectivity index (χ1n) is 5.80. The molecule has 5 heteroatoms. The van der Waals surface area contributed by atoms with Crippen molar-refractivity contribution >= 4 is 11.6 Å². The van der Waals surface area contributed by atoms with E-state index in [-0.39, 0.29) is 0 Å². The maximum Gasteiger partial charge on any atom is 0.136 e. The van der Waals surface area contributed by atoms with Crippen LogP contribution in [0, 0.1) is 13.8 Å². The summed E-state index contributed by atoms with van der Waals surface area (Å²) in [5.74, 6) is 1.99. The molecule has 0 aliphatic rings. The van der Waals surface area contributed by atoms with Crippen molar-refractivity contribution in [1.82, 2.24) is 9.97 Å². The summed E-state index contributed by atoms with van der Waals surface area (Å²) in [6.07, 6.45) is 0. The molecule has 100 valence electrons. The van der Waals surface area contributed by atoms with Crippen LogP contribution >= 0.6 is 11.6 Å². The van der Waals surface area contributed by atoms with Gasteiger partial charge in [-0.2, -0.15) is 0 Å². The van der Waals surface area contributed by atoms with Crippen molar-refractivity contribution in [1.29, 1.82) is 0 Å². The number of aromatic nitrogens is 2. The average molecular weight is 279 g/mol. The van der Waals surface area contributed by atoms with E-state index in [9.17, 15) is 0 Å². The molecule has 0 radical (unpaired) electrons. The van der Waals surface area contributed by atoms with Gasteiger partial charge in [0.2, 0.25) is 0 Å². The van der Waals surface area contributed by atoms with Crippen molar-refractivity contribution in [3.8, 4) is 22.8 Å². The van der Waals surface area contributed by atoms with Gasteiger partial charge >= 0.3 is 0 Å². The molecular weight excluding hydrogens is 264 g/mol. The maximum absolute atomic E-state index is 6.13. The number of hydrogen-bond donors (Lipinski definition) is 0. The molecule has 0 spiro atoms. The van der Waals surface area contributed by atoms with Crippen LogP contribution in [0.3, 0.4) is 0 Å². The van der Waals surface area contributed by atoms with E-state index >= 15 is 0 Å². The molecule has 0 bridgehead atoms. The van der Waals surface area contributed by atoms with Crippen molar-refractivity contribution in [3.05, 3.63) is 34.7 Å². The van der Waals surface area contributed by atoms with E-state index < -0.39 is 0 Å². The molecule has 2 rings (SSSR count). The summed E-state index contributed by atoms with van der Waals surface area (Å²) >= 11 is 6.13. The molecule has 0 N–H and O–H groups in total. The lowest BCUT2D eigenvalue weighted by atomic mass is 10.1. The predicted molar refractivity (Wildman–Crippen MR) is 75.1 cm³/mol. The number of hydrogen-bond acceptors (Lipinski definition) is 4. The second-order valence-electron chi connectivity index (χ2n) is 4.07. The van der Waals surface area contributed by atoms with Crippen LogP contribution in [0.2, 0.25) is 5.15 Å². The fourth-order valence-electron chi connectivity index (χ4n) is 1.92. The quantitative estimate of drug-likeness (QED) is 0.807. The summed E-state index contributed by atoms with van der Waals surface area (Å²) in [5.41, 5.74) is 2.32. The first-order chi connectivity index (χ1) is 9.08. The molecule has 0 atom stereocenters. The molecule has 0 fully saturated rings. The summed E-state index contributed by atoms with van der Waals surface area (Å²) in [5, 5.41) is 0.440. The Bertz CT molecular complexity index is 592. The van der Waals surface area contributed by atoms with Crippen LogP contribution in [0.15, 0.2) is 18.2 Å². The Morgan fingerprint density at radius 1 is 1.00 bits per heavy atom. The van der Waals surface area contributed by atoms with Gasteiger partial charge in [-0.25, -0.2) is 9.97 Å². The third-order valence-corrected chi connectivity index (χ3v) is 3.23. The van der Waals surface area contributed by atoms with Gasteiger partial charge in [0.05, 0.1) is 25.5 Å². The van der Waals surface area contributed by atoms with E-state index in [1.54, 1.807) is 21.1 Å². The molecule has 0 amide bonds. The molecule has 1 aromatic carbocycles. The zero-order valence-corrected chi connectivity index (χ0v) is 12.1. The number of methoxy groups -OCH3 is 2. The van der Waals surface area contributed by atoms with Crippen molar-refractivity contribution in [2.45, 2.75) is 13.8 Å². The zero-order chi connectivity index (χ0) is 14.0. The molecule has 0 saturated carbocycles. The highest BCUT2D eigenvalue weighted by Gasteiger charge is 2.18. The summed E-state index contributed by atoms with van der Waals surface area (Å²) in [7, 11) is 3.23. The standard InChI is InChI=1S/C14H15ClN2O2/c1-8-13(16-9(2)17-14(8)15)12-10(18-3)6-5-7-11(12)19-4/h5-7H,1-4H3. The number of halogens is 1. The highest BCUT2D eigenvalue weighted by atomic mass is 35.5. The summed E-state index contributed by atoms with van der Waals surface area (Å²) in [4.78, 5) is 8.61. The first-order valence-corrected chi connectivity index (χ1v) is 6.18. The van der Waals surface area contributed by atoms with Crippen LogP contribution < -0.4 is 9.47 Å². The average Bonchev–Trinajstić information content (AvgIpc) is 2.41. The molecule has 0 unspecified atom stereocenters. The SMILES string of the molecule is COc1cccc(OC)c1-c1nc(C)nc(Cl)c1C. The molecule has 1 heterocycles. The smallest absolute Gasteiger partial charge is 0.136 e. The summed E-state index contributed by atoms with van der Waals surface area (Å²) in [6, 6.07) is 5.59. The highest BCUT2D eigenvalue weighted by molar-refractivity contribution is 6.30. The van der Waals surface area contributed by atoms with Crippen molar-refractivity contribution in [2.75, 3.05) is 14.2 Å². The molecular formula is C14H15ClN2O2. The van der Waals surface area contributed by atoms with E-state index in [4.69, 9.17) is 21.1 Å². The molecule has 19 heavy (non-hydrogen) atoms. The van der Waals surface area contributed by atoms with Gasteiger partial charge in [-0.05, 0) is 26.0 Å². The molecule has 0 aliphatic heterocycles. The zero-order valence-electron chi connectivity index (χ0n) is 11.3.